The van der Waals surface area contributed by atoms with Gasteiger partial charge in [-0.3, -0.25) is 4.79 Å². The molecule has 0 unspecified atom stereocenters. The maximum absolute atomic E-state index is 13.4. The van der Waals surface area contributed by atoms with Gasteiger partial charge in [0.2, 0.25) is 0 Å². The Morgan fingerprint density at radius 1 is 1.13 bits per heavy atom. The van der Waals surface area contributed by atoms with Crippen LogP contribution < -0.4 is 10.1 Å². The van der Waals surface area contributed by atoms with Crippen molar-refractivity contribution >= 4 is 39.9 Å². The summed E-state index contributed by atoms with van der Waals surface area (Å²) in [5.74, 6) is 0.592. The first-order valence-corrected chi connectivity index (χ1v) is 10.6. The Kier molecular flexibility index (Phi) is 6.04. The van der Waals surface area contributed by atoms with Gasteiger partial charge in [-0.25, -0.2) is 9.97 Å². The van der Waals surface area contributed by atoms with Crippen molar-refractivity contribution in [2.75, 3.05) is 25.5 Å². The second-order valence-electron chi connectivity index (χ2n) is 7.55. The summed E-state index contributed by atoms with van der Waals surface area (Å²) in [6, 6.07) is 9.34. The lowest BCUT2D eigenvalue weighted by Crippen LogP contribution is -2.32. The number of hydrogen-bond acceptors (Lipinski definition) is 5. The van der Waals surface area contributed by atoms with Crippen LogP contribution in [0.25, 0.3) is 11.0 Å². The Morgan fingerprint density at radius 3 is 2.60 bits per heavy atom. The zero-order chi connectivity index (χ0) is 21.1. The second kappa shape index (κ2) is 8.88. The maximum atomic E-state index is 13.4. The van der Waals surface area contributed by atoms with Gasteiger partial charge in [-0.1, -0.05) is 24.4 Å². The quantitative estimate of drug-likeness (QED) is 0.610. The van der Waals surface area contributed by atoms with Gasteiger partial charge in [-0.15, -0.1) is 0 Å². The number of amides is 1. The molecule has 1 N–H and O–H groups in total. The highest BCUT2D eigenvalue weighted by atomic mass is 35.5. The Hall–Kier alpha value is -2.86. The minimum atomic E-state index is -0.00557. The number of likely N-dealkylation sites (tertiary alicyclic amines) is 1. The summed E-state index contributed by atoms with van der Waals surface area (Å²) in [6.07, 6.45) is 6.03. The third-order valence-electron chi connectivity index (χ3n) is 5.41. The van der Waals surface area contributed by atoms with Crippen LogP contribution in [-0.2, 0) is 0 Å². The van der Waals surface area contributed by atoms with Crippen LogP contribution >= 0.6 is 11.6 Å². The molecule has 1 aliphatic heterocycles. The summed E-state index contributed by atoms with van der Waals surface area (Å²) < 4.78 is 5.25. The molecular weight excluding hydrogens is 400 g/mol. The van der Waals surface area contributed by atoms with Crippen LogP contribution in [0.2, 0.25) is 5.02 Å². The van der Waals surface area contributed by atoms with Gasteiger partial charge in [-0.05, 0) is 50.1 Å². The molecule has 0 bridgehead atoms. The minimum absolute atomic E-state index is 0.00557. The molecule has 0 saturated carbocycles. The summed E-state index contributed by atoms with van der Waals surface area (Å²) in [5, 5.41) is 4.69. The van der Waals surface area contributed by atoms with Crippen LogP contribution in [0.3, 0.4) is 0 Å². The van der Waals surface area contributed by atoms with Crippen LogP contribution in [0.4, 0.5) is 11.4 Å². The monoisotopic (exact) mass is 424 g/mol. The molecule has 0 aliphatic carbocycles. The van der Waals surface area contributed by atoms with Crippen molar-refractivity contribution in [3.8, 4) is 5.75 Å². The second-order valence-corrected chi connectivity index (χ2v) is 7.96. The van der Waals surface area contributed by atoms with E-state index in [1.165, 1.54) is 12.8 Å². The number of aryl methyl sites for hydroxylation is 1. The van der Waals surface area contributed by atoms with Gasteiger partial charge in [0.25, 0.3) is 5.91 Å². The van der Waals surface area contributed by atoms with Crippen molar-refractivity contribution in [1.29, 1.82) is 0 Å². The normalized spacial score (nSPS) is 14.4. The first-order valence-electron chi connectivity index (χ1n) is 10.2. The third kappa shape index (κ3) is 4.19. The number of aromatic nitrogens is 2. The van der Waals surface area contributed by atoms with E-state index in [-0.39, 0.29) is 5.91 Å². The van der Waals surface area contributed by atoms with Crippen LogP contribution in [0, 0.1) is 6.92 Å². The van der Waals surface area contributed by atoms with Gasteiger partial charge < -0.3 is 15.0 Å². The van der Waals surface area contributed by atoms with Crippen LogP contribution in [0.15, 0.2) is 36.5 Å². The average Bonchev–Trinajstić information content (AvgIpc) is 3.03. The highest BCUT2D eigenvalue weighted by Crippen LogP contribution is 2.33. The molecule has 4 rings (SSSR count). The summed E-state index contributed by atoms with van der Waals surface area (Å²) >= 11 is 6.31. The summed E-state index contributed by atoms with van der Waals surface area (Å²) in [5.41, 5.74) is 3.48. The fourth-order valence-corrected chi connectivity index (χ4v) is 4.06. The van der Waals surface area contributed by atoms with E-state index in [2.05, 4.69) is 15.3 Å². The molecule has 1 aromatic carbocycles. The van der Waals surface area contributed by atoms with Crippen molar-refractivity contribution in [3.05, 3.63) is 52.8 Å². The molecule has 0 atom stereocenters. The lowest BCUT2D eigenvalue weighted by atomic mass is 10.1. The van der Waals surface area contributed by atoms with Gasteiger partial charge in [0.15, 0.2) is 5.65 Å². The fourth-order valence-electron chi connectivity index (χ4n) is 3.80. The van der Waals surface area contributed by atoms with Gasteiger partial charge in [0.1, 0.15) is 5.75 Å². The molecular formula is C23H25ClN4O2. The number of anilines is 2. The van der Waals surface area contributed by atoms with E-state index in [1.807, 2.05) is 30.0 Å². The largest absolute Gasteiger partial charge is 0.495 e. The highest BCUT2D eigenvalue weighted by Gasteiger charge is 2.23. The number of pyridine rings is 2. The first-order chi connectivity index (χ1) is 14.6. The topological polar surface area (TPSA) is 67.3 Å². The Morgan fingerprint density at radius 2 is 1.90 bits per heavy atom. The van der Waals surface area contributed by atoms with Crippen molar-refractivity contribution < 1.29 is 9.53 Å². The maximum Gasteiger partial charge on any atom is 0.257 e. The number of ether oxygens (including phenoxy) is 1. The molecule has 6 nitrogen and oxygen atoms in total. The number of rotatable bonds is 4. The van der Waals surface area contributed by atoms with Crippen LogP contribution in [0.1, 0.15) is 41.7 Å². The number of halogens is 1. The summed E-state index contributed by atoms with van der Waals surface area (Å²) in [7, 11) is 1.58. The van der Waals surface area contributed by atoms with E-state index in [4.69, 9.17) is 16.3 Å². The Labute approximate surface area is 181 Å². The van der Waals surface area contributed by atoms with E-state index in [9.17, 15) is 4.79 Å². The predicted octanol–water partition coefficient (Wildman–Crippen LogP) is 5.36. The molecule has 3 aromatic rings. The van der Waals surface area contributed by atoms with Crippen LogP contribution in [-0.4, -0.2) is 41.0 Å². The lowest BCUT2D eigenvalue weighted by molar-refractivity contribution is 0.0762. The lowest BCUT2D eigenvalue weighted by Gasteiger charge is -2.22. The van der Waals surface area contributed by atoms with Gasteiger partial charge in [-0.2, -0.15) is 0 Å². The van der Waals surface area contributed by atoms with Crippen molar-refractivity contribution in [2.24, 2.45) is 0 Å². The van der Waals surface area contributed by atoms with Gasteiger partial charge in [0.05, 0.1) is 23.4 Å². The molecule has 1 amide bonds. The number of carbonyl (C=O) groups excluding carboxylic acids is 1. The SMILES string of the molecule is COc1ccc(Nc2c(C(=O)N3CCCCCC3)cnc3nc(C)ccc23)cc1Cl. The molecule has 1 aliphatic rings. The van der Waals surface area contributed by atoms with Crippen molar-refractivity contribution in [2.45, 2.75) is 32.6 Å². The molecule has 0 spiro atoms. The fraction of sp³-hybridized carbons (Fsp3) is 0.348. The zero-order valence-electron chi connectivity index (χ0n) is 17.2. The number of nitrogens with one attached hydrogen (secondary N) is 1. The molecule has 2 aromatic heterocycles. The van der Waals surface area contributed by atoms with E-state index < -0.39 is 0 Å². The third-order valence-corrected chi connectivity index (χ3v) is 5.71. The minimum Gasteiger partial charge on any atom is -0.495 e. The molecule has 3 heterocycles. The Bertz CT molecular complexity index is 1080. The van der Waals surface area contributed by atoms with Crippen molar-refractivity contribution in [1.82, 2.24) is 14.9 Å². The summed E-state index contributed by atoms with van der Waals surface area (Å²) in [6.45, 7) is 3.47. The highest BCUT2D eigenvalue weighted by molar-refractivity contribution is 6.32. The van der Waals surface area contributed by atoms with Gasteiger partial charge in [0, 0.05) is 36.1 Å². The molecule has 1 saturated heterocycles. The standard InChI is InChI=1S/C23H25ClN4O2/c1-15-7-9-17-21(27-16-8-10-20(30-2)19(24)13-16)18(14-25-22(17)26-15)23(29)28-11-5-3-4-6-12-28/h7-10,13-14H,3-6,11-12H2,1-2H3,(H,25,26,27). The first kappa shape index (κ1) is 20.4. The van der Waals surface area contributed by atoms with E-state index in [0.29, 0.717) is 27.7 Å². The smallest absolute Gasteiger partial charge is 0.257 e. The predicted molar refractivity (Wildman–Crippen MR) is 120 cm³/mol. The molecule has 30 heavy (non-hydrogen) atoms. The van der Waals surface area contributed by atoms with Crippen molar-refractivity contribution in [3.63, 3.8) is 0 Å². The van der Waals surface area contributed by atoms with Crippen LogP contribution in [0.5, 0.6) is 5.75 Å². The number of nitrogens with zero attached hydrogens (tertiary/aromatic N) is 3. The van der Waals surface area contributed by atoms with E-state index >= 15 is 0 Å². The van der Waals surface area contributed by atoms with E-state index in [0.717, 1.165) is 42.7 Å². The zero-order valence-corrected chi connectivity index (χ0v) is 18.0. The number of methoxy groups -OCH3 is 1. The molecule has 0 radical (unpaired) electrons. The van der Waals surface area contributed by atoms with E-state index in [1.54, 1.807) is 25.4 Å². The molecule has 1 fully saturated rings. The molecule has 156 valence electrons. The number of benzene rings is 1. The number of carbonyl (C=O) groups is 1. The Balaban J connectivity index is 1.79. The number of fused-ring (bicyclic) bond motifs is 1. The molecule has 7 heteroatoms. The number of hydrogen-bond donors (Lipinski definition) is 1. The summed E-state index contributed by atoms with van der Waals surface area (Å²) in [4.78, 5) is 24.4. The average molecular weight is 425 g/mol. The van der Waals surface area contributed by atoms with Gasteiger partial charge >= 0.3 is 0 Å².